The van der Waals surface area contributed by atoms with Crippen LogP contribution in [0.3, 0.4) is 0 Å². The number of hydrogen-bond acceptors (Lipinski definition) is 3. The van der Waals surface area contributed by atoms with Gasteiger partial charge in [-0.05, 0) is 24.3 Å². The van der Waals surface area contributed by atoms with Crippen LogP contribution in [0.25, 0.3) is 10.9 Å². The Morgan fingerprint density at radius 2 is 1.65 bits per heavy atom. The van der Waals surface area contributed by atoms with E-state index >= 15 is 0 Å². The molecule has 0 aliphatic rings. The maximum absolute atomic E-state index is 5.66. The largest absolute Gasteiger partial charge is 0.476 e. The summed E-state index contributed by atoms with van der Waals surface area (Å²) in [4.78, 5) is 4.47. The van der Waals surface area contributed by atoms with Gasteiger partial charge in [-0.2, -0.15) is 0 Å². The van der Waals surface area contributed by atoms with Crippen molar-refractivity contribution in [3.63, 3.8) is 0 Å². The number of benzene rings is 2. The maximum atomic E-state index is 5.66. The zero-order valence-electron chi connectivity index (χ0n) is 11.1. The van der Waals surface area contributed by atoms with Gasteiger partial charge in [0.05, 0.1) is 5.52 Å². The van der Waals surface area contributed by atoms with Crippen molar-refractivity contribution in [1.29, 1.82) is 0 Å². The summed E-state index contributed by atoms with van der Waals surface area (Å²) in [6.07, 6.45) is 0. The zero-order valence-corrected chi connectivity index (χ0v) is 11.1. The van der Waals surface area contributed by atoms with Crippen molar-refractivity contribution in [1.82, 2.24) is 4.98 Å². The predicted molar refractivity (Wildman–Crippen MR) is 82.2 cm³/mol. The highest BCUT2D eigenvalue weighted by Crippen LogP contribution is 2.15. The first-order chi connectivity index (χ1) is 9.92. The number of para-hydroxylation sites is 2. The van der Waals surface area contributed by atoms with Crippen LogP contribution in [-0.2, 0) is 0 Å². The lowest BCUT2D eigenvalue weighted by Gasteiger charge is -2.08. The quantitative estimate of drug-likeness (QED) is 0.713. The molecule has 0 unspecified atom stereocenters. The number of pyridine rings is 1. The van der Waals surface area contributed by atoms with Crippen LogP contribution in [-0.4, -0.2) is 18.1 Å². The summed E-state index contributed by atoms with van der Waals surface area (Å²) in [6.45, 7) is 1.33. The molecule has 0 spiro atoms. The van der Waals surface area contributed by atoms with Gasteiger partial charge in [0.1, 0.15) is 6.61 Å². The van der Waals surface area contributed by atoms with Crippen molar-refractivity contribution in [3.8, 4) is 5.88 Å². The van der Waals surface area contributed by atoms with Gasteiger partial charge in [0.15, 0.2) is 0 Å². The molecule has 1 heterocycles. The lowest BCUT2D eigenvalue weighted by atomic mass is 10.2. The number of hydrogen-bond donors (Lipinski definition) is 1. The van der Waals surface area contributed by atoms with E-state index in [1.165, 1.54) is 0 Å². The molecule has 0 aliphatic carbocycles. The second kappa shape index (κ2) is 6.06. The molecule has 3 heteroatoms. The summed E-state index contributed by atoms with van der Waals surface area (Å²) >= 11 is 0. The third-order valence-electron chi connectivity index (χ3n) is 3.03. The molecule has 0 aliphatic heterocycles. The van der Waals surface area contributed by atoms with Gasteiger partial charge in [-0.15, -0.1) is 0 Å². The van der Waals surface area contributed by atoms with Crippen LogP contribution < -0.4 is 10.1 Å². The van der Waals surface area contributed by atoms with Crippen molar-refractivity contribution >= 4 is 16.6 Å². The fourth-order valence-corrected chi connectivity index (χ4v) is 2.03. The molecule has 1 aromatic heterocycles. The van der Waals surface area contributed by atoms with Crippen molar-refractivity contribution in [2.75, 3.05) is 18.5 Å². The smallest absolute Gasteiger partial charge is 0.213 e. The Morgan fingerprint density at radius 3 is 2.55 bits per heavy atom. The molecule has 2 aromatic carbocycles. The summed E-state index contributed by atoms with van der Waals surface area (Å²) in [5, 5.41) is 4.43. The second-order valence-electron chi connectivity index (χ2n) is 4.48. The molecule has 0 saturated carbocycles. The van der Waals surface area contributed by atoms with Crippen molar-refractivity contribution in [2.45, 2.75) is 0 Å². The van der Waals surface area contributed by atoms with Crippen LogP contribution in [0, 0.1) is 0 Å². The molecule has 0 saturated heterocycles. The van der Waals surface area contributed by atoms with Crippen LogP contribution in [0.1, 0.15) is 0 Å². The topological polar surface area (TPSA) is 34.1 Å². The molecule has 0 atom stereocenters. The molecule has 0 radical (unpaired) electrons. The highest BCUT2D eigenvalue weighted by Gasteiger charge is 1.98. The van der Waals surface area contributed by atoms with E-state index in [-0.39, 0.29) is 0 Å². The molecule has 100 valence electrons. The Kier molecular flexibility index (Phi) is 3.78. The Morgan fingerprint density at radius 1 is 0.850 bits per heavy atom. The van der Waals surface area contributed by atoms with E-state index in [9.17, 15) is 0 Å². The number of fused-ring (bicyclic) bond motifs is 1. The highest BCUT2D eigenvalue weighted by atomic mass is 16.5. The number of rotatable bonds is 5. The van der Waals surface area contributed by atoms with Crippen LogP contribution in [0.5, 0.6) is 5.88 Å². The minimum absolute atomic E-state index is 0.584. The summed E-state index contributed by atoms with van der Waals surface area (Å²) in [5.41, 5.74) is 2.06. The van der Waals surface area contributed by atoms with E-state index < -0.39 is 0 Å². The maximum Gasteiger partial charge on any atom is 0.213 e. The molecule has 20 heavy (non-hydrogen) atoms. The molecule has 3 aromatic rings. The van der Waals surface area contributed by atoms with Crippen LogP contribution in [0.4, 0.5) is 5.69 Å². The SMILES string of the molecule is c1ccc(NCCOc2ccc3ccccc3n2)cc1. The highest BCUT2D eigenvalue weighted by molar-refractivity contribution is 5.78. The zero-order chi connectivity index (χ0) is 13.6. The lowest BCUT2D eigenvalue weighted by Crippen LogP contribution is -2.11. The molecule has 0 bridgehead atoms. The van der Waals surface area contributed by atoms with Crippen LogP contribution >= 0.6 is 0 Å². The number of ether oxygens (including phenoxy) is 1. The summed E-state index contributed by atoms with van der Waals surface area (Å²) in [5.74, 6) is 0.665. The molecule has 1 N–H and O–H groups in total. The summed E-state index contributed by atoms with van der Waals surface area (Å²) in [6, 6.07) is 22.1. The number of nitrogens with one attached hydrogen (secondary N) is 1. The van der Waals surface area contributed by atoms with Gasteiger partial charge in [-0.25, -0.2) is 4.98 Å². The molecule has 0 fully saturated rings. The third-order valence-corrected chi connectivity index (χ3v) is 3.03. The minimum Gasteiger partial charge on any atom is -0.476 e. The third kappa shape index (κ3) is 3.06. The van der Waals surface area contributed by atoms with Crippen molar-refractivity contribution in [3.05, 3.63) is 66.7 Å². The predicted octanol–water partition coefficient (Wildman–Crippen LogP) is 3.73. The second-order valence-corrected chi connectivity index (χ2v) is 4.48. The molecular formula is C17H16N2O. The Bertz CT molecular complexity index is 683. The van der Waals surface area contributed by atoms with E-state index in [0.29, 0.717) is 12.5 Å². The molecule has 3 nitrogen and oxygen atoms in total. The van der Waals surface area contributed by atoms with Gasteiger partial charge < -0.3 is 10.1 Å². The van der Waals surface area contributed by atoms with Crippen molar-refractivity contribution < 1.29 is 4.74 Å². The van der Waals surface area contributed by atoms with Gasteiger partial charge in [-0.1, -0.05) is 36.4 Å². The number of aromatic nitrogens is 1. The first-order valence-electron chi connectivity index (χ1n) is 6.69. The average molecular weight is 264 g/mol. The monoisotopic (exact) mass is 264 g/mol. The Hall–Kier alpha value is -2.55. The lowest BCUT2D eigenvalue weighted by molar-refractivity contribution is 0.321. The molecule has 0 amide bonds. The molecule has 3 rings (SSSR count). The van der Waals surface area contributed by atoms with Crippen LogP contribution in [0.2, 0.25) is 0 Å². The fourth-order valence-electron chi connectivity index (χ4n) is 2.03. The average Bonchev–Trinajstić information content (AvgIpc) is 2.52. The number of nitrogens with zero attached hydrogens (tertiary/aromatic N) is 1. The van der Waals surface area contributed by atoms with E-state index in [4.69, 9.17) is 4.74 Å². The first-order valence-corrected chi connectivity index (χ1v) is 6.69. The molecular weight excluding hydrogens is 248 g/mol. The summed E-state index contributed by atoms with van der Waals surface area (Å²) < 4.78 is 5.66. The van der Waals surface area contributed by atoms with Gasteiger partial charge in [-0.3, -0.25) is 0 Å². The minimum atomic E-state index is 0.584. The van der Waals surface area contributed by atoms with Gasteiger partial charge in [0.2, 0.25) is 5.88 Å². The fraction of sp³-hybridized carbons (Fsp3) is 0.118. The van der Waals surface area contributed by atoms with Crippen LogP contribution in [0.15, 0.2) is 66.7 Å². The number of anilines is 1. The van der Waals surface area contributed by atoms with Gasteiger partial charge in [0, 0.05) is 23.7 Å². The van der Waals surface area contributed by atoms with E-state index in [2.05, 4.69) is 10.3 Å². The van der Waals surface area contributed by atoms with Crippen molar-refractivity contribution in [2.24, 2.45) is 0 Å². The van der Waals surface area contributed by atoms with Gasteiger partial charge in [0.25, 0.3) is 0 Å². The van der Waals surface area contributed by atoms with E-state index in [0.717, 1.165) is 23.1 Å². The van der Waals surface area contributed by atoms with E-state index in [1.807, 2.05) is 66.7 Å². The normalized spacial score (nSPS) is 10.4. The van der Waals surface area contributed by atoms with E-state index in [1.54, 1.807) is 0 Å². The van der Waals surface area contributed by atoms with Gasteiger partial charge >= 0.3 is 0 Å². The standard InChI is InChI=1S/C17H16N2O/c1-2-7-15(8-3-1)18-12-13-20-17-11-10-14-6-4-5-9-16(14)19-17/h1-11,18H,12-13H2. The Labute approximate surface area is 118 Å². The first kappa shape index (κ1) is 12.5. The Balaban J connectivity index is 1.55. The summed E-state index contributed by atoms with van der Waals surface area (Å²) in [7, 11) is 0.